The van der Waals surface area contributed by atoms with E-state index in [0.29, 0.717) is 51.0 Å². The summed E-state index contributed by atoms with van der Waals surface area (Å²) >= 11 is 12.8. The van der Waals surface area contributed by atoms with E-state index in [1.807, 2.05) is 0 Å². The van der Waals surface area contributed by atoms with Crippen LogP contribution in [0.4, 0.5) is 23.7 Å². The molecule has 4 rings (SSSR count). The summed E-state index contributed by atoms with van der Waals surface area (Å²) in [4.78, 5) is 38.6. The molecular formula is C28H21Cl2F3N2O5S. The van der Waals surface area contributed by atoms with E-state index in [2.05, 4.69) is 5.32 Å². The minimum Gasteiger partial charge on any atom is -0.490 e. The number of anilines is 1. The molecule has 1 aliphatic rings. The van der Waals surface area contributed by atoms with E-state index in [1.54, 1.807) is 43.3 Å². The van der Waals surface area contributed by atoms with Gasteiger partial charge >= 0.3 is 6.18 Å². The van der Waals surface area contributed by atoms with Gasteiger partial charge in [-0.1, -0.05) is 41.4 Å². The van der Waals surface area contributed by atoms with Gasteiger partial charge in [0.2, 0.25) is 5.91 Å². The van der Waals surface area contributed by atoms with Gasteiger partial charge in [-0.25, -0.2) is 0 Å². The number of imide groups is 1. The number of thioether (sulfide) groups is 1. The highest BCUT2D eigenvalue weighted by atomic mass is 35.5. The monoisotopic (exact) mass is 624 g/mol. The second-order valence-corrected chi connectivity index (χ2v) is 10.4. The summed E-state index contributed by atoms with van der Waals surface area (Å²) in [5.74, 6) is -0.718. The van der Waals surface area contributed by atoms with Crippen LogP contribution in [0.15, 0.2) is 65.6 Å². The molecule has 0 radical (unpaired) electrons. The first-order chi connectivity index (χ1) is 19.4. The third kappa shape index (κ3) is 7.75. The quantitative estimate of drug-likeness (QED) is 0.246. The van der Waals surface area contributed by atoms with Gasteiger partial charge in [0.15, 0.2) is 11.5 Å². The van der Waals surface area contributed by atoms with Crippen LogP contribution < -0.4 is 14.8 Å². The van der Waals surface area contributed by atoms with Gasteiger partial charge in [-0.05, 0) is 72.8 Å². The molecule has 0 bridgehead atoms. The van der Waals surface area contributed by atoms with Crippen LogP contribution in [0, 0.1) is 0 Å². The Balaban J connectivity index is 1.44. The molecule has 41 heavy (non-hydrogen) atoms. The smallest absolute Gasteiger partial charge is 0.416 e. The highest BCUT2D eigenvalue weighted by molar-refractivity contribution is 8.18. The topological polar surface area (TPSA) is 84.9 Å². The van der Waals surface area contributed by atoms with Gasteiger partial charge in [-0.3, -0.25) is 19.3 Å². The molecule has 7 nitrogen and oxygen atoms in total. The van der Waals surface area contributed by atoms with Crippen molar-refractivity contribution in [2.24, 2.45) is 0 Å². The molecule has 1 aliphatic heterocycles. The summed E-state index contributed by atoms with van der Waals surface area (Å²) in [5, 5.41) is 2.55. The van der Waals surface area contributed by atoms with E-state index in [1.165, 1.54) is 12.1 Å². The predicted molar refractivity (Wildman–Crippen MR) is 151 cm³/mol. The van der Waals surface area contributed by atoms with E-state index in [-0.39, 0.29) is 17.2 Å². The fourth-order valence-electron chi connectivity index (χ4n) is 3.70. The Kier molecular flexibility index (Phi) is 9.52. The second-order valence-electron chi connectivity index (χ2n) is 8.56. The van der Waals surface area contributed by atoms with Gasteiger partial charge in [0.25, 0.3) is 11.1 Å². The second kappa shape index (κ2) is 12.9. The maximum atomic E-state index is 12.9. The summed E-state index contributed by atoms with van der Waals surface area (Å²) in [6, 6.07) is 14.0. The van der Waals surface area contributed by atoms with Crippen molar-refractivity contribution in [3.63, 3.8) is 0 Å². The van der Waals surface area contributed by atoms with E-state index in [4.69, 9.17) is 32.7 Å². The molecule has 1 saturated heterocycles. The summed E-state index contributed by atoms with van der Waals surface area (Å²) < 4.78 is 50.4. The van der Waals surface area contributed by atoms with Crippen molar-refractivity contribution in [1.82, 2.24) is 4.90 Å². The Morgan fingerprint density at radius 2 is 1.80 bits per heavy atom. The van der Waals surface area contributed by atoms with Crippen LogP contribution in [0.2, 0.25) is 10.0 Å². The zero-order valence-corrected chi connectivity index (χ0v) is 23.6. The molecule has 13 heteroatoms. The average Bonchev–Trinajstić information content (AvgIpc) is 3.16. The molecule has 0 saturated carbocycles. The number of ether oxygens (including phenoxy) is 2. The van der Waals surface area contributed by atoms with Gasteiger partial charge in [0, 0.05) is 21.3 Å². The number of halogens is 5. The first kappa shape index (κ1) is 30.3. The molecule has 0 aromatic heterocycles. The van der Waals surface area contributed by atoms with Crippen LogP contribution >= 0.6 is 35.0 Å². The number of rotatable bonds is 9. The van der Waals surface area contributed by atoms with Gasteiger partial charge in [-0.15, -0.1) is 0 Å². The fourth-order valence-corrected chi connectivity index (χ4v) is 5.00. The number of amides is 3. The first-order valence-corrected chi connectivity index (χ1v) is 13.6. The zero-order chi connectivity index (χ0) is 29.7. The van der Waals surface area contributed by atoms with Crippen molar-refractivity contribution in [2.45, 2.75) is 19.7 Å². The lowest BCUT2D eigenvalue weighted by molar-refractivity contribution is -0.137. The predicted octanol–water partition coefficient (Wildman–Crippen LogP) is 7.66. The van der Waals surface area contributed by atoms with Crippen LogP contribution in [0.25, 0.3) is 6.08 Å². The van der Waals surface area contributed by atoms with E-state index < -0.39 is 35.3 Å². The van der Waals surface area contributed by atoms with Crippen LogP contribution in [0.1, 0.15) is 23.6 Å². The third-order valence-electron chi connectivity index (χ3n) is 5.61. The Bertz CT molecular complexity index is 1530. The molecule has 1 heterocycles. The molecule has 1 fully saturated rings. The Morgan fingerprint density at radius 3 is 2.51 bits per heavy atom. The van der Waals surface area contributed by atoms with Crippen molar-refractivity contribution < 1.29 is 37.0 Å². The minimum atomic E-state index is -4.59. The molecule has 214 valence electrons. The van der Waals surface area contributed by atoms with E-state index >= 15 is 0 Å². The maximum absolute atomic E-state index is 12.9. The molecule has 0 aliphatic carbocycles. The van der Waals surface area contributed by atoms with Gasteiger partial charge in [0.05, 0.1) is 17.1 Å². The number of hydrogen-bond donors (Lipinski definition) is 1. The molecule has 0 spiro atoms. The molecule has 0 unspecified atom stereocenters. The maximum Gasteiger partial charge on any atom is 0.416 e. The number of nitrogens with zero attached hydrogens (tertiary/aromatic N) is 1. The van der Waals surface area contributed by atoms with Crippen molar-refractivity contribution in [2.75, 3.05) is 18.5 Å². The van der Waals surface area contributed by atoms with Gasteiger partial charge in [-0.2, -0.15) is 13.2 Å². The van der Waals surface area contributed by atoms with Gasteiger partial charge < -0.3 is 14.8 Å². The van der Waals surface area contributed by atoms with Crippen molar-refractivity contribution in [1.29, 1.82) is 0 Å². The standard InChI is InChI=1S/C28H21Cl2F3N2O5S/c1-2-39-23-10-16(6-9-22(23)40-15-17-7-8-19(29)13-21(17)30)11-24-26(37)35(27(38)41-24)14-25(36)34-20-5-3-4-18(12-20)28(31,32)33/h3-13H,2,14-15H2,1H3,(H,34,36)/b24-11-. The molecule has 1 N–H and O–H groups in total. The summed E-state index contributed by atoms with van der Waals surface area (Å²) in [7, 11) is 0. The van der Waals surface area contributed by atoms with E-state index in [0.717, 1.165) is 23.1 Å². The number of hydrogen-bond acceptors (Lipinski definition) is 6. The van der Waals surface area contributed by atoms with Crippen molar-refractivity contribution in [3.05, 3.63) is 92.3 Å². The SMILES string of the molecule is CCOc1cc(/C=C2\SC(=O)N(CC(=O)Nc3cccc(C(F)(F)F)c3)C2=O)ccc1OCc1ccc(Cl)cc1Cl. The van der Waals surface area contributed by atoms with E-state index in [9.17, 15) is 27.6 Å². The number of carbonyl (C=O) groups is 3. The normalized spacial score (nSPS) is 14.5. The molecule has 3 amide bonds. The highest BCUT2D eigenvalue weighted by Crippen LogP contribution is 2.36. The highest BCUT2D eigenvalue weighted by Gasteiger charge is 2.36. The van der Waals surface area contributed by atoms with Crippen molar-refractivity contribution in [3.8, 4) is 11.5 Å². The Labute approximate surface area is 247 Å². The summed E-state index contributed by atoms with van der Waals surface area (Å²) in [6.07, 6.45) is -3.12. The minimum absolute atomic E-state index is 0.0610. The molecular weight excluding hydrogens is 604 g/mol. The van der Waals surface area contributed by atoms with Crippen LogP contribution in [-0.2, 0) is 22.4 Å². The number of nitrogens with one attached hydrogen (secondary N) is 1. The fraction of sp³-hybridized carbons (Fsp3) is 0.179. The summed E-state index contributed by atoms with van der Waals surface area (Å²) in [5.41, 5.74) is 0.190. The third-order valence-corrected chi connectivity index (χ3v) is 7.11. The lowest BCUT2D eigenvalue weighted by atomic mass is 10.1. The summed E-state index contributed by atoms with van der Waals surface area (Å²) in [6.45, 7) is 1.61. The Morgan fingerprint density at radius 1 is 1.02 bits per heavy atom. The molecule has 0 atom stereocenters. The van der Waals surface area contributed by atoms with Gasteiger partial charge in [0.1, 0.15) is 13.2 Å². The molecule has 3 aromatic rings. The number of carbonyl (C=O) groups excluding carboxylic acids is 3. The Hall–Kier alpha value is -3.67. The molecule has 3 aromatic carbocycles. The van der Waals surface area contributed by atoms with Crippen LogP contribution in [-0.4, -0.2) is 35.1 Å². The first-order valence-electron chi connectivity index (χ1n) is 12.0. The van der Waals surface area contributed by atoms with Crippen LogP contribution in [0.3, 0.4) is 0 Å². The largest absolute Gasteiger partial charge is 0.490 e. The van der Waals surface area contributed by atoms with Crippen LogP contribution in [0.5, 0.6) is 11.5 Å². The lowest BCUT2D eigenvalue weighted by Gasteiger charge is -2.14. The average molecular weight is 625 g/mol. The van der Waals surface area contributed by atoms with Crippen molar-refractivity contribution >= 4 is 63.8 Å². The number of benzene rings is 3. The number of alkyl halides is 3. The zero-order valence-electron chi connectivity index (χ0n) is 21.3. The lowest BCUT2D eigenvalue weighted by Crippen LogP contribution is -2.36.